The van der Waals surface area contributed by atoms with Gasteiger partial charge in [0.2, 0.25) is 0 Å². The van der Waals surface area contributed by atoms with Crippen molar-refractivity contribution in [3.8, 4) is 17.2 Å². The fourth-order valence-corrected chi connectivity index (χ4v) is 3.44. The average molecular weight is 456 g/mol. The number of nitriles is 1. The van der Waals surface area contributed by atoms with E-state index in [0.29, 0.717) is 5.56 Å². The Morgan fingerprint density at radius 1 is 1.09 bits per heavy atom. The summed E-state index contributed by atoms with van der Waals surface area (Å²) in [6.07, 6.45) is -0.624. The lowest BCUT2D eigenvalue weighted by Gasteiger charge is -2.21. The highest BCUT2D eigenvalue weighted by Gasteiger charge is 2.21. The molecule has 0 bridgehead atoms. The van der Waals surface area contributed by atoms with Crippen molar-refractivity contribution in [2.75, 3.05) is 7.05 Å². The van der Waals surface area contributed by atoms with Gasteiger partial charge in [0.25, 0.3) is 0 Å². The SMILES string of the molecule is CC.CC.CN1Cc2ccc(-c3ccc(C[C@@H](C#N)NC(=O)OC(C)(C)C)c(F)c3)cc2C1. The maximum Gasteiger partial charge on any atom is 0.408 e. The minimum Gasteiger partial charge on any atom is -0.444 e. The molecule has 5 nitrogen and oxygen atoms in total. The summed E-state index contributed by atoms with van der Waals surface area (Å²) in [4.78, 5) is 14.1. The van der Waals surface area contributed by atoms with Crippen LogP contribution in [0.3, 0.4) is 0 Å². The van der Waals surface area contributed by atoms with E-state index in [-0.39, 0.29) is 6.42 Å². The molecule has 1 aliphatic heterocycles. The molecule has 0 fully saturated rings. The first kappa shape index (κ1) is 28.1. The van der Waals surface area contributed by atoms with Crippen LogP contribution in [0.1, 0.15) is 65.2 Å². The maximum absolute atomic E-state index is 14.7. The third-order valence-corrected chi connectivity index (χ3v) is 4.74. The van der Waals surface area contributed by atoms with Crippen LogP contribution in [0.25, 0.3) is 11.1 Å². The number of nitrogens with zero attached hydrogens (tertiary/aromatic N) is 2. The van der Waals surface area contributed by atoms with Gasteiger partial charge in [-0.1, -0.05) is 52.0 Å². The third kappa shape index (κ3) is 8.51. The van der Waals surface area contributed by atoms with Gasteiger partial charge in [-0.3, -0.25) is 4.90 Å². The molecule has 0 saturated carbocycles. The molecule has 0 aliphatic carbocycles. The number of alkyl carbamates (subject to hydrolysis) is 1. The summed E-state index contributed by atoms with van der Waals surface area (Å²) >= 11 is 0. The molecule has 0 aromatic heterocycles. The van der Waals surface area contributed by atoms with E-state index < -0.39 is 23.6 Å². The van der Waals surface area contributed by atoms with Gasteiger partial charge in [-0.05, 0) is 67.8 Å². The van der Waals surface area contributed by atoms with E-state index in [4.69, 9.17) is 4.74 Å². The largest absolute Gasteiger partial charge is 0.444 e. The Balaban J connectivity index is 0.00000129. The van der Waals surface area contributed by atoms with Gasteiger partial charge in [0, 0.05) is 19.5 Å². The van der Waals surface area contributed by atoms with E-state index in [9.17, 15) is 14.4 Å². The van der Waals surface area contributed by atoms with Crippen LogP contribution in [-0.4, -0.2) is 29.7 Å². The van der Waals surface area contributed by atoms with Crippen molar-refractivity contribution < 1.29 is 13.9 Å². The van der Waals surface area contributed by atoms with Gasteiger partial charge in [-0.15, -0.1) is 0 Å². The highest BCUT2D eigenvalue weighted by Crippen LogP contribution is 2.29. The van der Waals surface area contributed by atoms with Gasteiger partial charge in [0.15, 0.2) is 0 Å². The lowest BCUT2D eigenvalue weighted by Crippen LogP contribution is -2.39. The minimum absolute atomic E-state index is 0.0663. The van der Waals surface area contributed by atoms with Gasteiger partial charge >= 0.3 is 6.09 Å². The van der Waals surface area contributed by atoms with Crippen molar-refractivity contribution in [2.45, 2.75) is 79.6 Å². The number of ether oxygens (including phenoxy) is 1. The number of amides is 1. The Morgan fingerprint density at radius 2 is 1.67 bits per heavy atom. The molecule has 33 heavy (non-hydrogen) atoms. The first-order valence-corrected chi connectivity index (χ1v) is 11.6. The molecular weight excluding hydrogens is 417 g/mol. The molecule has 6 heteroatoms. The normalized spacial score (nSPS) is 13.3. The Kier molecular flexibility index (Phi) is 11.0. The molecule has 0 spiro atoms. The molecular formula is C27H38FN3O2. The second kappa shape index (κ2) is 13.0. The number of hydrogen-bond donors (Lipinski definition) is 1. The van der Waals surface area contributed by atoms with Crippen molar-refractivity contribution >= 4 is 6.09 Å². The van der Waals surface area contributed by atoms with E-state index in [1.807, 2.05) is 45.9 Å². The number of nitrogens with one attached hydrogen (secondary N) is 1. The minimum atomic E-state index is -0.874. The van der Waals surface area contributed by atoms with Gasteiger partial charge in [-0.2, -0.15) is 5.26 Å². The summed E-state index contributed by atoms with van der Waals surface area (Å²) in [6.45, 7) is 15.0. The quantitative estimate of drug-likeness (QED) is 0.575. The van der Waals surface area contributed by atoms with Gasteiger partial charge in [0.05, 0.1) is 6.07 Å². The molecule has 180 valence electrons. The van der Waals surface area contributed by atoms with E-state index >= 15 is 0 Å². The molecule has 1 heterocycles. The molecule has 1 N–H and O–H groups in total. The highest BCUT2D eigenvalue weighted by atomic mass is 19.1. The topological polar surface area (TPSA) is 65.4 Å². The van der Waals surface area contributed by atoms with E-state index in [0.717, 1.165) is 24.2 Å². The second-order valence-corrected chi connectivity index (χ2v) is 8.49. The summed E-state index contributed by atoms with van der Waals surface area (Å²) < 4.78 is 19.9. The number of halogens is 1. The molecule has 2 aromatic rings. The molecule has 3 rings (SSSR count). The number of carbonyl (C=O) groups excluding carboxylic acids is 1. The second-order valence-electron chi connectivity index (χ2n) is 8.49. The summed E-state index contributed by atoms with van der Waals surface area (Å²) in [5.74, 6) is -0.397. The number of benzene rings is 2. The summed E-state index contributed by atoms with van der Waals surface area (Å²) in [7, 11) is 2.07. The van der Waals surface area contributed by atoms with Crippen LogP contribution in [0.15, 0.2) is 36.4 Å². The Bertz CT molecular complexity index is 961. The maximum atomic E-state index is 14.7. The van der Waals surface area contributed by atoms with Crippen molar-refractivity contribution in [2.24, 2.45) is 0 Å². The molecule has 1 atom stereocenters. The van der Waals surface area contributed by atoms with Crippen LogP contribution in [-0.2, 0) is 24.2 Å². The van der Waals surface area contributed by atoms with Crippen LogP contribution in [0, 0.1) is 17.1 Å². The van der Waals surface area contributed by atoms with E-state index in [2.05, 4.69) is 29.4 Å². The van der Waals surface area contributed by atoms with Crippen LogP contribution in [0.4, 0.5) is 9.18 Å². The van der Waals surface area contributed by atoms with E-state index in [1.54, 1.807) is 26.8 Å². The lowest BCUT2D eigenvalue weighted by atomic mass is 9.98. The monoisotopic (exact) mass is 455 g/mol. The summed E-state index contributed by atoms with van der Waals surface area (Å²) in [5, 5.41) is 11.8. The molecule has 2 aromatic carbocycles. The Labute approximate surface area is 198 Å². The number of fused-ring (bicyclic) bond motifs is 1. The lowest BCUT2D eigenvalue weighted by molar-refractivity contribution is 0.0515. The van der Waals surface area contributed by atoms with Crippen molar-refractivity contribution in [1.29, 1.82) is 5.26 Å². The zero-order valence-electron chi connectivity index (χ0n) is 21.3. The van der Waals surface area contributed by atoms with Crippen molar-refractivity contribution in [1.82, 2.24) is 10.2 Å². The van der Waals surface area contributed by atoms with Crippen molar-refractivity contribution in [3.05, 3.63) is 58.9 Å². The molecule has 0 saturated heterocycles. The molecule has 0 unspecified atom stereocenters. The van der Waals surface area contributed by atoms with E-state index in [1.165, 1.54) is 17.2 Å². The van der Waals surface area contributed by atoms with Gasteiger partial charge < -0.3 is 10.1 Å². The zero-order valence-corrected chi connectivity index (χ0v) is 21.3. The van der Waals surface area contributed by atoms with Gasteiger partial charge in [-0.25, -0.2) is 9.18 Å². The smallest absolute Gasteiger partial charge is 0.408 e. The van der Waals surface area contributed by atoms with Gasteiger partial charge in [0.1, 0.15) is 17.5 Å². The average Bonchev–Trinajstić information content (AvgIpc) is 3.15. The predicted molar refractivity (Wildman–Crippen MR) is 132 cm³/mol. The number of carbonyl (C=O) groups is 1. The zero-order chi connectivity index (χ0) is 25.2. The van der Waals surface area contributed by atoms with Crippen molar-refractivity contribution in [3.63, 3.8) is 0 Å². The molecule has 0 radical (unpaired) electrons. The summed E-state index contributed by atoms with van der Waals surface area (Å²) in [5.41, 5.74) is 4.03. The van der Waals surface area contributed by atoms with Crippen LogP contribution in [0.5, 0.6) is 0 Å². The highest BCUT2D eigenvalue weighted by molar-refractivity contribution is 5.69. The van der Waals surface area contributed by atoms with Crippen LogP contribution in [0.2, 0.25) is 0 Å². The van der Waals surface area contributed by atoms with Crippen LogP contribution < -0.4 is 5.32 Å². The molecule has 1 aliphatic rings. The Morgan fingerprint density at radius 3 is 2.24 bits per heavy atom. The standard InChI is InChI=1S/C23H26FN3O2.2C2H6/c1-23(2,3)29-22(28)26-20(12-25)10-17-7-5-16(11-21(17)24)15-6-8-18-13-27(4)14-19(18)9-15;2*1-2/h5-9,11,20H,10,13-14H2,1-4H3,(H,26,28);2*1-2H3/t20-;;/m0../s1. The molecule has 1 amide bonds. The first-order chi connectivity index (χ1) is 15.6. The fraction of sp³-hybridized carbons (Fsp3) is 0.481. The summed E-state index contributed by atoms with van der Waals surface area (Å²) in [6, 6.07) is 12.3. The fourth-order valence-electron chi connectivity index (χ4n) is 3.44. The number of rotatable bonds is 4. The predicted octanol–water partition coefficient (Wildman–Crippen LogP) is 6.45. The van der Waals surface area contributed by atoms with Crippen LogP contribution >= 0.6 is 0 Å². The first-order valence-electron chi connectivity index (χ1n) is 11.6. The number of hydrogen-bond acceptors (Lipinski definition) is 4. The Hall–Kier alpha value is -2.91. The third-order valence-electron chi connectivity index (χ3n) is 4.74.